The second kappa shape index (κ2) is 7.49. The van der Waals surface area contributed by atoms with Crippen molar-refractivity contribution in [3.63, 3.8) is 0 Å². The summed E-state index contributed by atoms with van der Waals surface area (Å²) in [6.45, 7) is 10.8. The molecule has 0 aromatic carbocycles. The number of nitrogens with two attached hydrogens (primary N) is 1. The van der Waals surface area contributed by atoms with Crippen LogP contribution in [0.4, 0.5) is 0 Å². The summed E-state index contributed by atoms with van der Waals surface area (Å²) in [6.07, 6.45) is 5.80. The van der Waals surface area contributed by atoms with Gasteiger partial charge in [-0.25, -0.2) is 0 Å². The van der Waals surface area contributed by atoms with Gasteiger partial charge in [-0.2, -0.15) is 0 Å². The summed E-state index contributed by atoms with van der Waals surface area (Å²) in [5.74, 6) is 0.407. The van der Waals surface area contributed by atoms with Crippen LogP contribution in [-0.4, -0.2) is 78.0 Å². The Morgan fingerprint density at radius 1 is 0.957 bits per heavy atom. The highest BCUT2D eigenvalue weighted by atomic mass is 16.2. The third kappa shape index (κ3) is 3.89. The SMILES string of the molecule is C[C@@H]1CC[C@H](C)N1CCN1CCN(C(=O)[C@H]2CCC[C@@H]2N)CC1. The lowest BCUT2D eigenvalue weighted by atomic mass is 10.0. The smallest absolute Gasteiger partial charge is 0.227 e. The molecule has 132 valence electrons. The molecule has 3 rings (SSSR count). The van der Waals surface area contributed by atoms with Gasteiger partial charge in [0.25, 0.3) is 0 Å². The van der Waals surface area contributed by atoms with E-state index in [1.54, 1.807) is 0 Å². The van der Waals surface area contributed by atoms with Crippen LogP contribution in [0.1, 0.15) is 46.0 Å². The predicted octanol–water partition coefficient (Wildman–Crippen LogP) is 1.13. The number of rotatable bonds is 4. The van der Waals surface area contributed by atoms with E-state index in [9.17, 15) is 4.79 Å². The highest BCUT2D eigenvalue weighted by molar-refractivity contribution is 5.80. The molecule has 23 heavy (non-hydrogen) atoms. The van der Waals surface area contributed by atoms with Gasteiger partial charge >= 0.3 is 0 Å². The molecule has 0 radical (unpaired) electrons. The second-order valence-electron chi connectivity index (χ2n) is 7.88. The molecule has 0 unspecified atom stereocenters. The van der Waals surface area contributed by atoms with E-state index in [4.69, 9.17) is 5.73 Å². The first kappa shape index (κ1) is 17.2. The summed E-state index contributed by atoms with van der Waals surface area (Å²) in [5.41, 5.74) is 6.09. The van der Waals surface area contributed by atoms with E-state index in [1.807, 2.05) is 0 Å². The first-order valence-electron chi connectivity index (χ1n) is 9.58. The molecule has 4 atom stereocenters. The minimum Gasteiger partial charge on any atom is -0.340 e. The van der Waals surface area contributed by atoms with Crippen LogP contribution in [0.3, 0.4) is 0 Å². The number of likely N-dealkylation sites (tertiary alicyclic amines) is 1. The highest BCUT2D eigenvalue weighted by Crippen LogP contribution is 2.26. The van der Waals surface area contributed by atoms with Crippen LogP contribution >= 0.6 is 0 Å². The molecule has 2 N–H and O–H groups in total. The molecule has 5 nitrogen and oxygen atoms in total. The van der Waals surface area contributed by atoms with Crippen molar-refractivity contribution in [3.8, 4) is 0 Å². The van der Waals surface area contributed by atoms with E-state index in [-0.39, 0.29) is 12.0 Å². The van der Waals surface area contributed by atoms with Gasteiger partial charge in [0.2, 0.25) is 5.91 Å². The highest BCUT2D eigenvalue weighted by Gasteiger charge is 2.34. The van der Waals surface area contributed by atoms with Gasteiger partial charge in [0, 0.05) is 57.4 Å². The first-order chi connectivity index (χ1) is 11.1. The second-order valence-corrected chi connectivity index (χ2v) is 7.88. The standard InChI is InChI=1S/C18H34N4O/c1-14-6-7-15(2)22(14)13-10-20-8-11-21(12-9-20)18(23)16-4-3-5-17(16)19/h14-17H,3-13,19H2,1-2H3/t14-,15+,16-,17-/m0/s1. The molecule has 2 aliphatic heterocycles. The molecule has 1 amide bonds. The molecule has 0 aromatic rings. The van der Waals surface area contributed by atoms with Crippen molar-refractivity contribution in [3.05, 3.63) is 0 Å². The van der Waals surface area contributed by atoms with Gasteiger partial charge in [0.1, 0.15) is 0 Å². The van der Waals surface area contributed by atoms with Crippen LogP contribution in [-0.2, 0) is 4.79 Å². The van der Waals surface area contributed by atoms with Gasteiger partial charge in [-0.1, -0.05) is 6.42 Å². The fourth-order valence-electron chi connectivity index (χ4n) is 4.67. The normalized spacial score (nSPS) is 36.7. The van der Waals surface area contributed by atoms with Crippen LogP contribution in [0.5, 0.6) is 0 Å². The molecule has 1 aliphatic carbocycles. The summed E-state index contributed by atoms with van der Waals surface area (Å²) < 4.78 is 0. The zero-order valence-corrected chi connectivity index (χ0v) is 14.9. The maximum absolute atomic E-state index is 12.6. The van der Waals surface area contributed by atoms with Gasteiger partial charge in [-0.3, -0.25) is 14.6 Å². The summed E-state index contributed by atoms with van der Waals surface area (Å²) >= 11 is 0. The minimum atomic E-state index is 0.0906. The molecule has 0 spiro atoms. The van der Waals surface area contributed by atoms with Crippen molar-refractivity contribution in [1.29, 1.82) is 0 Å². The van der Waals surface area contributed by atoms with E-state index in [1.165, 1.54) is 19.4 Å². The number of hydrogen-bond donors (Lipinski definition) is 1. The topological polar surface area (TPSA) is 52.8 Å². The van der Waals surface area contributed by atoms with E-state index in [2.05, 4.69) is 28.5 Å². The Kier molecular flexibility index (Phi) is 5.60. The summed E-state index contributed by atoms with van der Waals surface area (Å²) in [6, 6.07) is 1.56. The van der Waals surface area contributed by atoms with Gasteiger partial charge in [-0.15, -0.1) is 0 Å². The molecule has 1 saturated carbocycles. The molecular formula is C18H34N4O. The van der Waals surface area contributed by atoms with Crippen molar-refractivity contribution in [2.45, 2.75) is 64.1 Å². The van der Waals surface area contributed by atoms with Gasteiger partial charge in [0.15, 0.2) is 0 Å². The Labute approximate surface area is 141 Å². The fourth-order valence-corrected chi connectivity index (χ4v) is 4.67. The van der Waals surface area contributed by atoms with E-state index in [0.29, 0.717) is 5.91 Å². The minimum absolute atomic E-state index is 0.0906. The van der Waals surface area contributed by atoms with Crippen LogP contribution < -0.4 is 5.73 Å². The maximum Gasteiger partial charge on any atom is 0.227 e. The van der Waals surface area contributed by atoms with Gasteiger partial charge in [-0.05, 0) is 39.5 Å². The van der Waals surface area contributed by atoms with E-state index < -0.39 is 0 Å². The molecule has 0 bridgehead atoms. The van der Waals surface area contributed by atoms with Crippen molar-refractivity contribution >= 4 is 5.91 Å². The van der Waals surface area contributed by atoms with Crippen molar-refractivity contribution < 1.29 is 4.79 Å². The van der Waals surface area contributed by atoms with E-state index >= 15 is 0 Å². The predicted molar refractivity (Wildman–Crippen MR) is 93.2 cm³/mol. The summed E-state index contributed by atoms with van der Waals surface area (Å²) in [4.78, 5) is 19.8. The number of piperazine rings is 1. The Morgan fingerprint density at radius 2 is 1.61 bits per heavy atom. The third-order valence-corrected chi connectivity index (χ3v) is 6.38. The largest absolute Gasteiger partial charge is 0.340 e. The number of nitrogens with zero attached hydrogens (tertiary/aromatic N) is 3. The molecule has 0 aromatic heterocycles. The van der Waals surface area contributed by atoms with Crippen LogP contribution in [0.25, 0.3) is 0 Å². The van der Waals surface area contributed by atoms with Crippen LogP contribution in [0, 0.1) is 5.92 Å². The van der Waals surface area contributed by atoms with Crippen LogP contribution in [0.15, 0.2) is 0 Å². The summed E-state index contributed by atoms with van der Waals surface area (Å²) in [5, 5.41) is 0. The van der Waals surface area contributed by atoms with Crippen molar-refractivity contribution in [1.82, 2.24) is 14.7 Å². The third-order valence-electron chi connectivity index (χ3n) is 6.38. The molecular weight excluding hydrogens is 288 g/mol. The number of carbonyl (C=O) groups excluding carboxylic acids is 1. The Morgan fingerprint density at radius 3 is 2.17 bits per heavy atom. The van der Waals surface area contributed by atoms with Gasteiger partial charge in [0.05, 0.1) is 5.92 Å². The quantitative estimate of drug-likeness (QED) is 0.843. The number of hydrogen-bond acceptors (Lipinski definition) is 4. The molecule has 2 heterocycles. The molecule has 3 aliphatic rings. The molecule has 3 fully saturated rings. The fraction of sp³-hybridized carbons (Fsp3) is 0.944. The maximum atomic E-state index is 12.6. The number of amides is 1. The zero-order chi connectivity index (χ0) is 16.4. The Bertz CT molecular complexity index is 398. The molecule has 5 heteroatoms. The van der Waals surface area contributed by atoms with Crippen molar-refractivity contribution in [2.24, 2.45) is 11.7 Å². The van der Waals surface area contributed by atoms with Gasteiger partial charge < -0.3 is 10.6 Å². The lowest BCUT2D eigenvalue weighted by Gasteiger charge is -2.37. The monoisotopic (exact) mass is 322 g/mol. The average molecular weight is 322 g/mol. The Hall–Kier alpha value is -0.650. The van der Waals surface area contributed by atoms with Crippen LogP contribution in [0.2, 0.25) is 0 Å². The Balaban J connectivity index is 1.41. The molecule has 2 saturated heterocycles. The first-order valence-corrected chi connectivity index (χ1v) is 9.58. The summed E-state index contributed by atoms with van der Waals surface area (Å²) in [7, 11) is 0. The average Bonchev–Trinajstić information content (AvgIpc) is 3.11. The van der Waals surface area contributed by atoms with Crippen molar-refractivity contribution in [2.75, 3.05) is 39.3 Å². The lowest BCUT2D eigenvalue weighted by Crippen LogP contribution is -2.53. The zero-order valence-electron chi connectivity index (χ0n) is 14.9. The lowest BCUT2D eigenvalue weighted by molar-refractivity contribution is -0.137. The number of carbonyl (C=O) groups is 1. The van der Waals surface area contributed by atoms with E-state index in [0.717, 1.165) is 64.1 Å².